The molecule has 19 heavy (non-hydrogen) atoms. The Bertz CT molecular complexity index is 432. The molecule has 1 N–H and O–H groups in total. The molecule has 0 aromatic heterocycles. The Kier molecular flexibility index (Phi) is 5.74. The Labute approximate surface area is 112 Å². The van der Waals surface area contributed by atoms with E-state index < -0.39 is 33.8 Å². The van der Waals surface area contributed by atoms with Gasteiger partial charge in [0, 0.05) is 12.6 Å². The van der Waals surface area contributed by atoms with Crippen LogP contribution in [0, 0.1) is 0 Å². The van der Waals surface area contributed by atoms with Crippen LogP contribution in [0.4, 0.5) is 0 Å². The summed E-state index contributed by atoms with van der Waals surface area (Å²) in [5, 5.41) is 8.80. The molecule has 0 radical (unpaired) electrons. The number of sulfonamides is 1. The van der Waals surface area contributed by atoms with Gasteiger partial charge in [0.25, 0.3) is 0 Å². The quantitative estimate of drug-likeness (QED) is 0.702. The molecule has 1 saturated heterocycles. The molecule has 1 rings (SSSR count). The zero-order valence-electron chi connectivity index (χ0n) is 10.9. The lowest BCUT2D eigenvalue weighted by Gasteiger charge is -2.33. The van der Waals surface area contributed by atoms with Gasteiger partial charge in [-0.15, -0.1) is 0 Å². The van der Waals surface area contributed by atoms with E-state index in [0.717, 1.165) is 10.7 Å². The Morgan fingerprint density at radius 3 is 2.63 bits per heavy atom. The first-order valence-corrected chi connectivity index (χ1v) is 7.84. The largest absolute Gasteiger partial charge is 0.481 e. The van der Waals surface area contributed by atoms with E-state index in [9.17, 15) is 18.0 Å². The van der Waals surface area contributed by atoms with E-state index in [1.807, 2.05) is 0 Å². The van der Waals surface area contributed by atoms with Gasteiger partial charge in [-0.05, 0) is 19.8 Å². The van der Waals surface area contributed by atoms with Crippen molar-refractivity contribution in [2.75, 3.05) is 18.9 Å². The molecule has 1 unspecified atom stereocenters. The van der Waals surface area contributed by atoms with Gasteiger partial charge in [0.05, 0.1) is 13.0 Å². The second-order valence-corrected chi connectivity index (χ2v) is 6.34. The number of rotatable bonds is 6. The molecule has 1 aliphatic rings. The van der Waals surface area contributed by atoms with Crippen LogP contribution in [0.1, 0.15) is 32.6 Å². The number of carbonyl (C=O) groups is 2. The standard InChI is InChI=1S/C11H19NO6S/c1-2-18-11(15)8-19(16,17)12-6-4-3-5-9(12)7-10(13)14/h9H,2-8H2,1H3,(H,13,14). The number of ether oxygens (including phenoxy) is 1. The molecule has 0 spiro atoms. The molecule has 1 heterocycles. The fourth-order valence-corrected chi connectivity index (χ4v) is 3.77. The molecule has 8 heteroatoms. The highest BCUT2D eigenvalue weighted by Gasteiger charge is 2.35. The number of piperidine rings is 1. The van der Waals surface area contributed by atoms with Crippen LogP contribution in [-0.4, -0.2) is 54.7 Å². The van der Waals surface area contributed by atoms with Crippen LogP contribution >= 0.6 is 0 Å². The second kappa shape index (κ2) is 6.85. The number of hydrogen-bond donors (Lipinski definition) is 1. The summed E-state index contributed by atoms with van der Waals surface area (Å²) in [4.78, 5) is 22.0. The molecule has 0 bridgehead atoms. The predicted molar refractivity (Wildman–Crippen MR) is 67.0 cm³/mol. The van der Waals surface area contributed by atoms with Crippen molar-refractivity contribution in [3.63, 3.8) is 0 Å². The van der Waals surface area contributed by atoms with E-state index in [0.29, 0.717) is 12.8 Å². The Morgan fingerprint density at radius 2 is 2.05 bits per heavy atom. The van der Waals surface area contributed by atoms with Crippen molar-refractivity contribution in [1.82, 2.24) is 4.31 Å². The maximum atomic E-state index is 12.1. The van der Waals surface area contributed by atoms with Crippen molar-refractivity contribution >= 4 is 22.0 Å². The van der Waals surface area contributed by atoms with Crippen LogP contribution in [0.5, 0.6) is 0 Å². The summed E-state index contributed by atoms with van der Waals surface area (Å²) >= 11 is 0. The number of carbonyl (C=O) groups excluding carboxylic acids is 1. The fourth-order valence-electron chi connectivity index (χ4n) is 2.18. The van der Waals surface area contributed by atoms with Gasteiger partial charge in [0.1, 0.15) is 0 Å². The molecule has 0 aromatic rings. The van der Waals surface area contributed by atoms with E-state index in [1.165, 1.54) is 0 Å². The van der Waals surface area contributed by atoms with Gasteiger partial charge in [0.2, 0.25) is 10.0 Å². The van der Waals surface area contributed by atoms with Crippen molar-refractivity contribution in [2.45, 2.75) is 38.6 Å². The Hall–Kier alpha value is -1.15. The maximum absolute atomic E-state index is 12.1. The van der Waals surface area contributed by atoms with Gasteiger partial charge >= 0.3 is 11.9 Å². The summed E-state index contributed by atoms with van der Waals surface area (Å²) in [5.41, 5.74) is 0. The SMILES string of the molecule is CCOC(=O)CS(=O)(=O)N1CCCCC1CC(=O)O. The number of carboxylic acid groups (broad SMARTS) is 1. The zero-order valence-corrected chi connectivity index (χ0v) is 11.7. The summed E-state index contributed by atoms with van der Waals surface area (Å²) in [6.45, 7) is 1.98. The second-order valence-electron chi connectivity index (χ2n) is 4.42. The number of hydrogen-bond acceptors (Lipinski definition) is 5. The van der Waals surface area contributed by atoms with E-state index in [1.54, 1.807) is 6.92 Å². The van der Waals surface area contributed by atoms with Crippen LogP contribution < -0.4 is 0 Å². The predicted octanol–water partition coefficient (Wildman–Crippen LogP) is 0.209. The number of aliphatic carboxylic acids is 1. The van der Waals surface area contributed by atoms with Crippen molar-refractivity contribution in [1.29, 1.82) is 0 Å². The monoisotopic (exact) mass is 293 g/mol. The van der Waals surface area contributed by atoms with E-state index >= 15 is 0 Å². The van der Waals surface area contributed by atoms with Crippen molar-refractivity contribution in [3.05, 3.63) is 0 Å². The average molecular weight is 293 g/mol. The maximum Gasteiger partial charge on any atom is 0.322 e. The molecule has 7 nitrogen and oxygen atoms in total. The highest BCUT2D eigenvalue weighted by Crippen LogP contribution is 2.23. The molecule has 0 aromatic carbocycles. The summed E-state index contributed by atoms with van der Waals surface area (Å²) < 4.78 is 30.0. The molecule has 0 saturated carbocycles. The minimum atomic E-state index is -3.80. The minimum absolute atomic E-state index is 0.118. The Morgan fingerprint density at radius 1 is 1.37 bits per heavy atom. The molecule has 1 fully saturated rings. The third-order valence-corrected chi connectivity index (χ3v) is 4.74. The summed E-state index contributed by atoms with van der Waals surface area (Å²) in [6, 6.07) is -0.564. The summed E-state index contributed by atoms with van der Waals surface area (Å²) in [6.07, 6.45) is 1.75. The summed E-state index contributed by atoms with van der Waals surface area (Å²) in [7, 11) is -3.80. The lowest BCUT2D eigenvalue weighted by Crippen LogP contribution is -2.46. The van der Waals surface area contributed by atoms with Crippen LogP contribution in [0.3, 0.4) is 0 Å². The van der Waals surface area contributed by atoms with E-state index in [-0.39, 0.29) is 19.6 Å². The smallest absolute Gasteiger partial charge is 0.322 e. The van der Waals surface area contributed by atoms with Gasteiger partial charge in [-0.25, -0.2) is 8.42 Å². The first-order chi connectivity index (χ1) is 8.86. The lowest BCUT2D eigenvalue weighted by molar-refractivity contribution is -0.140. The van der Waals surface area contributed by atoms with Crippen molar-refractivity contribution in [2.24, 2.45) is 0 Å². The van der Waals surface area contributed by atoms with Crippen molar-refractivity contribution in [3.8, 4) is 0 Å². The molecular weight excluding hydrogens is 274 g/mol. The third-order valence-electron chi connectivity index (χ3n) is 2.95. The molecular formula is C11H19NO6S. The number of carboxylic acids is 1. The summed E-state index contributed by atoms with van der Waals surface area (Å²) in [5.74, 6) is -2.57. The zero-order chi connectivity index (χ0) is 14.5. The van der Waals surface area contributed by atoms with Gasteiger partial charge in [0.15, 0.2) is 5.75 Å². The first-order valence-electron chi connectivity index (χ1n) is 6.23. The van der Waals surface area contributed by atoms with Gasteiger partial charge < -0.3 is 9.84 Å². The normalized spacial score (nSPS) is 21.0. The first kappa shape index (κ1) is 15.9. The van der Waals surface area contributed by atoms with Crippen molar-refractivity contribution < 1.29 is 27.9 Å². The molecule has 0 aliphatic carbocycles. The number of esters is 1. The van der Waals surface area contributed by atoms with E-state index in [2.05, 4.69) is 4.74 Å². The highest BCUT2D eigenvalue weighted by atomic mass is 32.2. The Balaban J connectivity index is 2.77. The number of nitrogens with zero attached hydrogens (tertiary/aromatic N) is 1. The topological polar surface area (TPSA) is 101 Å². The molecule has 0 amide bonds. The average Bonchev–Trinajstić information content (AvgIpc) is 2.28. The molecule has 110 valence electrons. The van der Waals surface area contributed by atoms with Gasteiger partial charge in [-0.2, -0.15) is 4.31 Å². The van der Waals surface area contributed by atoms with Crippen LogP contribution in [0.25, 0.3) is 0 Å². The third kappa shape index (κ3) is 4.79. The minimum Gasteiger partial charge on any atom is -0.481 e. The highest BCUT2D eigenvalue weighted by molar-refractivity contribution is 7.89. The molecule has 1 atom stereocenters. The van der Waals surface area contributed by atoms with E-state index in [4.69, 9.17) is 5.11 Å². The lowest BCUT2D eigenvalue weighted by atomic mass is 10.0. The van der Waals surface area contributed by atoms with Gasteiger partial charge in [-0.1, -0.05) is 6.42 Å². The molecule has 1 aliphatic heterocycles. The fraction of sp³-hybridized carbons (Fsp3) is 0.818. The van der Waals surface area contributed by atoms with Crippen LogP contribution in [0.2, 0.25) is 0 Å². The van der Waals surface area contributed by atoms with Crippen LogP contribution in [-0.2, 0) is 24.3 Å². The van der Waals surface area contributed by atoms with Gasteiger partial charge in [-0.3, -0.25) is 9.59 Å². The van der Waals surface area contributed by atoms with Crippen LogP contribution in [0.15, 0.2) is 0 Å².